The fourth-order valence-electron chi connectivity index (χ4n) is 2.47. The molecule has 0 aliphatic carbocycles. The van der Waals surface area contributed by atoms with Crippen LogP contribution in [0.5, 0.6) is 0 Å². The van der Waals surface area contributed by atoms with Crippen LogP contribution in [0.15, 0.2) is 49.1 Å². The van der Waals surface area contributed by atoms with E-state index < -0.39 is 0 Å². The molecular formula is C17H18N4O. The number of aromatic nitrogens is 3. The van der Waals surface area contributed by atoms with Crippen LogP contribution in [0.25, 0.3) is 10.9 Å². The van der Waals surface area contributed by atoms with Crippen LogP contribution in [0.1, 0.15) is 22.5 Å². The third-order valence-electron chi connectivity index (χ3n) is 3.53. The molecule has 5 heteroatoms. The number of rotatable bonds is 5. The summed E-state index contributed by atoms with van der Waals surface area (Å²) >= 11 is 0. The molecule has 0 radical (unpaired) electrons. The molecule has 2 aromatic heterocycles. The molecule has 3 rings (SSSR count). The lowest BCUT2D eigenvalue weighted by Crippen LogP contribution is -2.25. The van der Waals surface area contributed by atoms with Gasteiger partial charge in [-0.3, -0.25) is 9.78 Å². The molecule has 0 unspecified atom stereocenters. The molecule has 0 aliphatic rings. The third kappa shape index (κ3) is 3.14. The zero-order chi connectivity index (χ0) is 15.4. The summed E-state index contributed by atoms with van der Waals surface area (Å²) in [6, 6.07) is 9.56. The number of amides is 1. The van der Waals surface area contributed by atoms with Crippen LogP contribution in [0.4, 0.5) is 0 Å². The van der Waals surface area contributed by atoms with Crippen LogP contribution in [0.3, 0.4) is 0 Å². The fraction of sp³-hybridized carbons (Fsp3) is 0.235. The Bertz CT molecular complexity index is 780. The summed E-state index contributed by atoms with van der Waals surface area (Å²) in [6.45, 7) is 3.38. The lowest BCUT2D eigenvalue weighted by molar-refractivity contribution is 0.0954. The molecule has 1 aromatic carbocycles. The highest BCUT2D eigenvalue weighted by molar-refractivity contribution is 6.06. The molecule has 0 fully saturated rings. The van der Waals surface area contributed by atoms with Gasteiger partial charge < -0.3 is 9.88 Å². The molecule has 3 aromatic rings. The standard InChI is InChI=1S/C17H18N4O/c1-13-11-15(14-5-2-3-6-16(14)20-13)17(22)19-7-4-9-21-10-8-18-12-21/h2-3,5-6,8,10-12H,4,7,9H2,1H3,(H,19,22). The Balaban J connectivity index is 1.67. The van der Waals surface area contributed by atoms with Gasteiger partial charge in [-0.25, -0.2) is 4.98 Å². The highest BCUT2D eigenvalue weighted by Gasteiger charge is 2.11. The van der Waals surface area contributed by atoms with E-state index in [1.54, 1.807) is 12.5 Å². The number of fused-ring (bicyclic) bond motifs is 1. The molecule has 0 saturated carbocycles. The first-order chi connectivity index (χ1) is 10.7. The predicted molar refractivity (Wildman–Crippen MR) is 85.7 cm³/mol. The summed E-state index contributed by atoms with van der Waals surface area (Å²) in [5.41, 5.74) is 2.39. The van der Waals surface area contributed by atoms with Crippen molar-refractivity contribution in [3.05, 3.63) is 60.3 Å². The number of imidazole rings is 1. The number of carbonyl (C=O) groups excluding carboxylic acids is 1. The number of pyridine rings is 1. The summed E-state index contributed by atoms with van der Waals surface area (Å²) in [6.07, 6.45) is 6.32. The Morgan fingerprint density at radius 1 is 1.32 bits per heavy atom. The molecule has 5 nitrogen and oxygen atoms in total. The number of aryl methyl sites for hydroxylation is 2. The van der Waals surface area contributed by atoms with E-state index >= 15 is 0 Å². The molecule has 0 aliphatic heterocycles. The van der Waals surface area contributed by atoms with Gasteiger partial charge in [0.1, 0.15) is 0 Å². The van der Waals surface area contributed by atoms with Gasteiger partial charge in [0, 0.05) is 36.6 Å². The first-order valence-corrected chi connectivity index (χ1v) is 7.34. The second-order valence-electron chi connectivity index (χ2n) is 5.24. The van der Waals surface area contributed by atoms with Crippen molar-refractivity contribution in [2.45, 2.75) is 19.9 Å². The van der Waals surface area contributed by atoms with E-state index in [0.717, 1.165) is 29.6 Å². The molecule has 1 N–H and O–H groups in total. The summed E-state index contributed by atoms with van der Waals surface area (Å²) in [7, 11) is 0. The molecule has 0 atom stereocenters. The molecule has 22 heavy (non-hydrogen) atoms. The maximum absolute atomic E-state index is 12.4. The molecule has 0 spiro atoms. The molecule has 112 valence electrons. The summed E-state index contributed by atoms with van der Waals surface area (Å²) in [5, 5.41) is 3.87. The second-order valence-corrected chi connectivity index (χ2v) is 5.24. The maximum Gasteiger partial charge on any atom is 0.252 e. The van der Waals surface area contributed by atoms with E-state index in [-0.39, 0.29) is 5.91 Å². The molecule has 1 amide bonds. The minimum atomic E-state index is -0.0488. The van der Waals surface area contributed by atoms with Crippen molar-refractivity contribution in [2.24, 2.45) is 0 Å². The molecule has 2 heterocycles. The predicted octanol–water partition coefficient (Wildman–Crippen LogP) is 2.56. The number of benzene rings is 1. The first kappa shape index (κ1) is 14.3. The average Bonchev–Trinajstić information content (AvgIpc) is 3.04. The summed E-state index contributed by atoms with van der Waals surface area (Å²) in [4.78, 5) is 20.9. The Morgan fingerprint density at radius 2 is 2.18 bits per heavy atom. The van der Waals surface area contributed by atoms with Crippen LogP contribution in [-0.4, -0.2) is 27.0 Å². The van der Waals surface area contributed by atoms with Crippen LogP contribution in [0.2, 0.25) is 0 Å². The lowest BCUT2D eigenvalue weighted by Gasteiger charge is -2.09. The highest BCUT2D eigenvalue weighted by Crippen LogP contribution is 2.18. The van der Waals surface area contributed by atoms with Gasteiger partial charge in [0.2, 0.25) is 0 Å². The molecule has 0 bridgehead atoms. The van der Waals surface area contributed by atoms with Gasteiger partial charge in [-0.15, -0.1) is 0 Å². The fourth-order valence-corrected chi connectivity index (χ4v) is 2.47. The van der Waals surface area contributed by atoms with E-state index in [1.165, 1.54) is 0 Å². The Hall–Kier alpha value is -2.69. The van der Waals surface area contributed by atoms with Crippen LogP contribution >= 0.6 is 0 Å². The topological polar surface area (TPSA) is 59.8 Å². The van der Waals surface area contributed by atoms with Gasteiger partial charge in [-0.2, -0.15) is 0 Å². The van der Waals surface area contributed by atoms with Crippen LogP contribution in [-0.2, 0) is 6.54 Å². The smallest absolute Gasteiger partial charge is 0.252 e. The second kappa shape index (κ2) is 6.39. The van der Waals surface area contributed by atoms with Crippen LogP contribution in [0, 0.1) is 6.92 Å². The highest BCUT2D eigenvalue weighted by atomic mass is 16.1. The average molecular weight is 294 g/mol. The van der Waals surface area contributed by atoms with Gasteiger partial charge in [-0.1, -0.05) is 18.2 Å². The minimum Gasteiger partial charge on any atom is -0.352 e. The Morgan fingerprint density at radius 3 is 3.00 bits per heavy atom. The third-order valence-corrected chi connectivity index (χ3v) is 3.53. The van der Waals surface area contributed by atoms with E-state index in [4.69, 9.17) is 0 Å². The van der Waals surface area contributed by atoms with Gasteiger partial charge in [0.15, 0.2) is 0 Å². The van der Waals surface area contributed by atoms with Crippen molar-refractivity contribution in [1.82, 2.24) is 19.9 Å². The van der Waals surface area contributed by atoms with Crippen molar-refractivity contribution < 1.29 is 4.79 Å². The van der Waals surface area contributed by atoms with Crippen molar-refractivity contribution in [1.29, 1.82) is 0 Å². The SMILES string of the molecule is Cc1cc(C(=O)NCCCn2ccnc2)c2ccccc2n1. The van der Waals surface area contributed by atoms with Crippen molar-refractivity contribution in [2.75, 3.05) is 6.54 Å². The number of nitrogens with one attached hydrogen (secondary N) is 1. The van der Waals surface area contributed by atoms with Crippen molar-refractivity contribution in [3.8, 4) is 0 Å². The largest absolute Gasteiger partial charge is 0.352 e. The van der Waals surface area contributed by atoms with Crippen molar-refractivity contribution in [3.63, 3.8) is 0 Å². The van der Waals surface area contributed by atoms with E-state index in [0.29, 0.717) is 12.1 Å². The van der Waals surface area contributed by atoms with Gasteiger partial charge in [0.05, 0.1) is 17.4 Å². The molecule has 0 saturated heterocycles. The number of para-hydroxylation sites is 1. The van der Waals surface area contributed by atoms with E-state index in [2.05, 4.69) is 15.3 Å². The van der Waals surface area contributed by atoms with Crippen LogP contribution < -0.4 is 5.32 Å². The number of carbonyl (C=O) groups is 1. The quantitative estimate of drug-likeness (QED) is 0.736. The number of hydrogen-bond donors (Lipinski definition) is 1. The Labute approximate surface area is 129 Å². The van der Waals surface area contributed by atoms with Gasteiger partial charge in [0.25, 0.3) is 5.91 Å². The number of nitrogens with zero attached hydrogens (tertiary/aromatic N) is 3. The maximum atomic E-state index is 12.4. The monoisotopic (exact) mass is 294 g/mol. The van der Waals surface area contributed by atoms with E-state index in [9.17, 15) is 4.79 Å². The lowest BCUT2D eigenvalue weighted by atomic mass is 10.1. The van der Waals surface area contributed by atoms with Gasteiger partial charge in [-0.05, 0) is 25.5 Å². The van der Waals surface area contributed by atoms with Crippen molar-refractivity contribution >= 4 is 16.8 Å². The minimum absolute atomic E-state index is 0.0488. The zero-order valence-electron chi connectivity index (χ0n) is 12.5. The first-order valence-electron chi connectivity index (χ1n) is 7.34. The normalized spacial score (nSPS) is 10.8. The Kier molecular flexibility index (Phi) is 4.14. The molecular weight excluding hydrogens is 276 g/mol. The number of hydrogen-bond acceptors (Lipinski definition) is 3. The van der Waals surface area contributed by atoms with E-state index in [1.807, 2.05) is 48.0 Å². The van der Waals surface area contributed by atoms with Gasteiger partial charge >= 0.3 is 0 Å². The summed E-state index contributed by atoms with van der Waals surface area (Å²) in [5.74, 6) is -0.0488. The summed E-state index contributed by atoms with van der Waals surface area (Å²) < 4.78 is 2.00. The zero-order valence-corrected chi connectivity index (χ0v) is 12.5.